The SMILES string of the molecule is CSc1nc(Nc2cccc(C(F)(F)F)c2)cc(C(F)(F)F)c1C#N. The van der Waals surface area contributed by atoms with Crippen molar-refractivity contribution in [3.63, 3.8) is 0 Å². The molecule has 10 heteroatoms. The number of pyridine rings is 1. The molecule has 0 radical (unpaired) electrons. The van der Waals surface area contributed by atoms with Crippen molar-refractivity contribution in [1.29, 1.82) is 5.26 Å². The Bertz CT molecular complexity index is 823. The van der Waals surface area contributed by atoms with Gasteiger partial charge in [0.05, 0.1) is 16.7 Å². The molecule has 0 spiro atoms. The van der Waals surface area contributed by atoms with E-state index in [1.54, 1.807) is 0 Å². The highest BCUT2D eigenvalue weighted by atomic mass is 32.2. The molecule has 132 valence electrons. The van der Waals surface area contributed by atoms with Gasteiger partial charge in [-0.1, -0.05) is 6.07 Å². The van der Waals surface area contributed by atoms with Gasteiger partial charge in [0.1, 0.15) is 16.9 Å². The lowest BCUT2D eigenvalue weighted by Gasteiger charge is -2.15. The van der Waals surface area contributed by atoms with Crippen LogP contribution < -0.4 is 5.32 Å². The summed E-state index contributed by atoms with van der Waals surface area (Å²) in [6.07, 6.45) is -7.95. The number of nitrogens with zero attached hydrogens (tertiary/aromatic N) is 2. The lowest BCUT2D eigenvalue weighted by molar-refractivity contribution is -0.138. The zero-order valence-corrected chi connectivity index (χ0v) is 13.3. The van der Waals surface area contributed by atoms with Crippen molar-refractivity contribution < 1.29 is 26.3 Å². The van der Waals surface area contributed by atoms with Crippen molar-refractivity contribution in [3.05, 3.63) is 47.0 Å². The summed E-state index contributed by atoms with van der Waals surface area (Å²) in [5.41, 5.74) is -2.86. The number of rotatable bonds is 3. The molecule has 0 saturated heterocycles. The third-order valence-corrected chi connectivity index (χ3v) is 3.74. The number of halogens is 6. The number of hydrogen-bond acceptors (Lipinski definition) is 4. The standard InChI is InChI=1S/C15H9F6N3S/c1-25-13-10(7-22)11(15(19,20)21)6-12(24-13)23-9-4-2-3-8(5-9)14(16,17)18/h2-6H,1H3,(H,23,24). The van der Waals surface area contributed by atoms with Crippen molar-refractivity contribution in [3.8, 4) is 6.07 Å². The average molecular weight is 377 g/mol. The van der Waals surface area contributed by atoms with Crippen molar-refractivity contribution >= 4 is 23.3 Å². The van der Waals surface area contributed by atoms with Crippen LogP contribution in [0.4, 0.5) is 37.8 Å². The van der Waals surface area contributed by atoms with Gasteiger partial charge in [0, 0.05) is 5.69 Å². The van der Waals surface area contributed by atoms with Crippen molar-refractivity contribution in [2.24, 2.45) is 0 Å². The normalized spacial score (nSPS) is 11.9. The molecule has 0 unspecified atom stereocenters. The van der Waals surface area contributed by atoms with Crippen molar-refractivity contribution in [2.45, 2.75) is 17.4 Å². The molecule has 1 aromatic carbocycles. The number of nitriles is 1. The third-order valence-electron chi connectivity index (χ3n) is 3.06. The minimum absolute atomic E-state index is 0.0767. The zero-order chi connectivity index (χ0) is 18.8. The fraction of sp³-hybridized carbons (Fsp3) is 0.200. The molecule has 0 fully saturated rings. The van der Waals surface area contributed by atoms with E-state index in [0.717, 1.165) is 30.0 Å². The minimum Gasteiger partial charge on any atom is -0.340 e. The molecule has 0 aliphatic heterocycles. The first-order valence-electron chi connectivity index (χ1n) is 6.57. The van der Waals surface area contributed by atoms with Crippen LogP contribution in [0.25, 0.3) is 0 Å². The Hall–Kier alpha value is -2.41. The molecule has 3 nitrogen and oxygen atoms in total. The molecule has 1 aromatic heterocycles. The lowest BCUT2D eigenvalue weighted by Crippen LogP contribution is -2.11. The van der Waals surface area contributed by atoms with Gasteiger partial charge in [-0.3, -0.25) is 0 Å². The van der Waals surface area contributed by atoms with E-state index in [1.807, 2.05) is 0 Å². The van der Waals surface area contributed by atoms with Crippen LogP contribution in [-0.2, 0) is 12.4 Å². The van der Waals surface area contributed by atoms with E-state index >= 15 is 0 Å². The van der Waals surface area contributed by atoms with Crippen LogP contribution in [0.5, 0.6) is 0 Å². The number of aromatic nitrogens is 1. The van der Waals surface area contributed by atoms with Crippen molar-refractivity contribution in [2.75, 3.05) is 11.6 Å². The summed E-state index contributed by atoms with van der Waals surface area (Å²) in [6, 6.07) is 6.04. The van der Waals surface area contributed by atoms with Gasteiger partial charge in [-0.15, -0.1) is 11.8 Å². The van der Waals surface area contributed by atoms with Gasteiger partial charge >= 0.3 is 12.4 Å². The molecular formula is C15H9F6N3S. The Labute approximate surface area is 142 Å². The second-order valence-electron chi connectivity index (χ2n) is 4.75. The molecule has 0 bridgehead atoms. The first-order valence-corrected chi connectivity index (χ1v) is 7.79. The van der Waals surface area contributed by atoms with E-state index in [-0.39, 0.29) is 16.5 Å². The van der Waals surface area contributed by atoms with Crippen molar-refractivity contribution in [1.82, 2.24) is 4.98 Å². The van der Waals surface area contributed by atoms with E-state index in [9.17, 15) is 26.3 Å². The van der Waals surface area contributed by atoms with Gasteiger partial charge in [-0.05, 0) is 30.5 Å². The van der Waals surface area contributed by atoms with Crippen LogP contribution in [0.2, 0.25) is 0 Å². The Kier molecular flexibility index (Phi) is 5.17. The third kappa shape index (κ3) is 4.36. The van der Waals surface area contributed by atoms with E-state index < -0.39 is 29.0 Å². The first-order chi connectivity index (χ1) is 11.6. The van der Waals surface area contributed by atoms with E-state index in [2.05, 4.69) is 10.3 Å². The molecule has 0 atom stereocenters. The maximum atomic E-state index is 13.1. The fourth-order valence-electron chi connectivity index (χ4n) is 1.99. The highest BCUT2D eigenvalue weighted by molar-refractivity contribution is 7.98. The van der Waals surface area contributed by atoms with Crippen LogP contribution >= 0.6 is 11.8 Å². The average Bonchev–Trinajstić information content (AvgIpc) is 2.52. The Morgan fingerprint density at radius 1 is 1.08 bits per heavy atom. The highest BCUT2D eigenvalue weighted by Crippen LogP contribution is 2.37. The van der Waals surface area contributed by atoms with Gasteiger partial charge < -0.3 is 5.32 Å². The largest absolute Gasteiger partial charge is 0.417 e. The summed E-state index contributed by atoms with van der Waals surface area (Å²) in [5.74, 6) is -0.310. The quantitative estimate of drug-likeness (QED) is 0.570. The number of alkyl halides is 6. The van der Waals surface area contributed by atoms with Crippen LogP contribution in [0.15, 0.2) is 35.4 Å². The minimum atomic E-state index is -4.80. The van der Waals surface area contributed by atoms with Gasteiger partial charge in [-0.25, -0.2) is 4.98 Å². The summed E-state index contributed by atoms with van der Waals surface area (Å²) < 4.78 is 77.5. The Morgan fingerprint density at radius 3 is 2.28 bits per heavy atom. The van der Waals surface area contributed by atoms with Crippen LogP contribution in [-0.4, -0.2) is 11.2 Å². The smallest absolute Gasteiger partial charge is 0.340 e. The number of benzene rings is 1. The fourth-order valence-corrected chi connectivity index (χ4v) is 2.54. The summed E-state index contributed by atoms with van der Waals surface area (Å²) >= 11 is 0.829. The number of anilines is 2. The molecule has 1 N–H and O–H groups in total. The molecule has 0 aliphatic carbocycles. The Morgan fingerprint density at radius 2 is 1.76 bits per heavy atom. The lowest BCUT2D eigenvalue weighted by atomic mass is 10.1. The number of thioether (sulfide) groups is 1. The molecule has 2 rings (SSSR count). The zero-order valence-electron chi connectivity index (χ0n) is 12.5. The van der Waals surface area contributed by atoms with E-state index in [0.29, 0.717) is 6.07 Å². The summed E-state index contributed by atoms with van der Waals surface area (Å²) in [5, 5.41) is 11.2. The predicted octanol–water partition coefficient (Wildman–Crippen LogP) is 5.46. The molecule has 1 heterocycles. The molecular weight excluding hydrogens is 368 g/mol. The molecule has 25 heavy (non-hydrogen) atoms. The van der Waals surface area contributed by atoms with Gasteiger partial charge in [0.2, 0.25) is 0 Å². The topological polar surface area (TPSA) is 48.7 Å². The van der Waals surface area contributed by atoms with E-state index in [4.69, 9.17) is 5.26 Å². The van der Waals surface area contributed by atoms with Crippen LogP contribution in [0.1, 0.15) is 16.7 Å². The first kappa shape index (κ1) is 18.9. The Balaban J connectivity index is 2.49. The molecule has 2 aromatic rings. The maximum absolute atomic E-state index is 13.1. The molecule has 0 aliphatic rings. The van der Waals surface area contributed by atoms with Crippen LogP contribution in [0.3, 0.4) is 0 Å². The monoisotopic (exact) mass is 377 g/mol. The molecule has 0 saturated carbocycles. The van der Waals surface area contributed by atoms with E-state index in [1.165, 1.54) is 18.4 Å². The van der Waals surface area contributed by atoms with Gasteiger partial charge in [-0.2, -0.15) is 31.6 Å². The van der Waals surface area contributed by atoms with Crippen LogP contribution in [0, 0.1) is 11.3 Å². The number of nitrogens with one attached hydrogen (secondary N) is 1. The predicted molar refractivity (Wildman–Crippen MR) is 80.5 cm³/mol. The second kappa shape index (κ2) is 6.84. The van der Waals surface area contributed by atoms with Gasteiger partial charge in [0.15, 0.2) is 0 Å². The molecule has 0 amide bonds. The summed E-state index contributed by atoms with van der Waals surface area (Å²) in [6.45, 7) is 0. The second-order valence-corrected chi connectivity index (χ2v) is 5.55. The summed E-state index contributed by atoms with van der Waals surface area (Å²) in [7, 11) is 0. The maximum Gasteiger partial charge on any atom is 0.417 e. The summed E-state index contributed by atoms with van der Waals surface area (Å²) in [4.78, 5) is 3.87. The number of hydrogen-bond donors (Lipinski definition) is 1. The van der Waals surface area contributed by atoms with Gasteiger partial charge in [0.25, 0.3) is 0 Å². The highest BCUT2D eigenvalue weighted by Gasteiger charge is 2.36.